The summed E-state index contributed by atoms with van der Waals surface area (Å²) in [7, 11) is 0. The molecule has 1 aliphatic rings. The first-order valence-electron chi connectivity index (χ1n) is 9.99. The van der Waals surface area contributed by atoms with Crippen molar-refractivity contribution in [2.24, 2.45) is 0 Å². The summed E-state index contributed by atoms with van der Waals surface area (Å²) >= 11 is 5.93. The van der Waals surface area contributed by atoms with Crippen LogP contribution in [0.2, 0.25) is 5.02 Å². The zero-order valence-electron chi connectivity index (χ0n) is 17.2. The highest BCUT2D eigenvalue weighted by molar-refractivity contribution is 6.30. The molecule has 1 fully saturated rings. The summed E-state index contributed by atoms with van der Waals surface area (Å²) in [4.78, 5) is 24.8. The third-order valence-corrected chi connectivity index (χ3v) is 5.47. The molecule has 1 aromatic carbocycles. The number of benzene rings is 1. The van der Waals surface area contributed by atoms with Crippen molar-refractivity contribution in [3.05, 3.63) is 64.8 Å². The molecule has 4 rings (SSSR count). The Morgan fingerprint density at radius 3 is 2.44 bits per heavy atom. The Morgan fingerprint density at radius 2 is 1.78 bits per heavy atom. The van der Waals surface area contributed by atoms with E-state index in [0.29, 0.717) is 49.3 Å². The Hall–Kier alpha value is -3.14. The molecule has 32 heavy (non-hydrogen) atoms. The van der Waals surface area contributed by atoms with Crippen molar-refractivity contribution >= 4 is 23.3 Å². The first-order chi connectivity index (χ1) is 15.2. The maximum atomic E-state index is 13.0. The topological polar surface area (TPSA) is 67.2 Å². The van der Waals surface area contributed by atoms with E-state index < -0.39 is 11.7 Å². The lowest BCUT2D eigenvalue weighted by atomic mass is 10.2. The Bertz CT molecular complexity index is 1100. The van der Waals surface area contributed by atoms with Crippen LogP contribution >= 0.6 is 11.6 Å². The van der Waals surface area contributed by atoms with Crippen molar-refractivity contribution in [1.82, 2.24) is 24.6 Å². The Kier molecular flexibility index (Phi) is 6.05. The minimum Gasteiger partial charge on any atom is -0.355 e. The van der Waals surface area contributed by atoms with E-state index in [2.05, 4.69) is 15.1 Å². The normalized spacial score (nSPS) is 15.0. The fourth-order valence-electron chi connectivity index (χ4n) is 3.54. The first kappa shape index (κ1) is 22.1. The van der Waals surface area contributed by atoms with Crippen LogP contribution < -0.4 is 4.90 Å². The zero-order valence-corrected chi connectivity index (χ0v) is 17.9. The third kappa shape index (κ3) is 4.69. The van der Waals surface area contributed by atoms with Crippen molar-refractivity contribution in [2.75, 3.05) is 31.1 Å². The van der Waals surface area contributed by atoms with Gasteiger partial charge >= 0.3 is 6.18 Å². The second kappa shape index (κ2) is 8.78. The summed E-state index contributed by atoms with van der Waals surface area (Å²) in [6, 6.07) is 9.43. The van der Waals surface area contributed by atoms with E-state index >= 15 is 0 Å². The van der Waals surface area contributed by atoms with E-state index in [1.54, 1.807) is 40.8 Å². The average Bonchev–Trinajstić information content (AvgIpc) is 2.99. The molecule has 1 aliphatic heterocycles. The molecule has 0 bridgehead atoms. The Labute approximate surface area is 187 Å². The van der Waals surface area contributed by atoms with Gasteiger partial charge in [-0.15, -0.1) is 5.10 Å². The molecule has 0 unspecified atom stereocenters. The van der Waals surface area contributed by atoms with Gasteiger partial charge in [0.25, 0.3) is 5.91 Å². The van der Waals surface area contributed by atoms with Crippen molar-refractivity contribution in [2.45, 2.75) is 19.5 Å². The molecule has 1 amide bonds. The summed E-state index contributed by atoms with van der Waals surface area (Å²) < 4.78 is 39.9. The molecular weight excluding hydrogens is 445 g/mol. The van der Waals surface area contributed by atoms with Crippen LogP contribution in [0.15, 0.2) is 42.6 Å². The largest absolute Gasteiger partial charge is 0.417 e. The van der Waals surface area contributed by atoms with Crippen LogP contribution in [-0.2, 0) is 6.18 Å². The number of rotatable bonds is 3. The number of halogens is 4. The average molecular weight is 465 g/mol. The maximum absolute atomic E-state index is 13.0. The molecule has 3 aromatic rings. The number of aryl methyl sites for hydroxylation is 1. The summed E-state index contributed by atoms with van der Waals surface area (Å²) in [6.45, 7) is 3.66. The lowest BCUT2D eigenvalue weighted by molar-refractivity contribution is -0.137. The van der Waals surface area contributed by atoms with Gasteiger partial charge in [0, 0.05) is 37.4 Å². The van der Waals surface area contributed by atoms with Gasteiger partial charge in [0.2, 0.25) is 5.82 Å². The van der Waals surface area contributed by atoms with E-state index in [0.717, 1.165) is 18.0 Å². The number of hydrogen-bond acceptors (Lipinski definition) is 5. The molecule has 0 radical (unpaired) electrons. The van der Waals surface area contributed by atoms with Gasteiger partial charge in [-0.2, -0.15) is 13.2 Å². The van der Waals surface area contributed by atoms with E-state index in [1.807, 2.05) is 4.90 Å². The summed E-state index contributed by atoms with van der Waals surface area (Å²) in [5.74, 6) is 0.830. The van der Waals surface area contributed by atoms with Gasteiger partial charge in [0.05, 0.1) is 11.3 Å². The summed E-state index contributed by atoms with van der Waals surface area (Å²) in [5.41, 5.74) is -0.0422. The molecule has 0 aliphatic carbocycles. The molecule has 0 N–H and O–H groups in total. The number of aromatic nitrogens is 4. The summed E-state index contributed by atoms with van der Waals surface area (Å²) in [5, 5.41) is 4.96. The number of carbonyl (C=O) groups excluding carboxylic acids is 1. The molecule has 7 nitrogen and oxygen atoms in total. The predicted molar refractivity (Wildman–Crippen MR) is 113 cm³/mol. The quantitative estimate of drug-likeness (QED) is 0.586. The van der Waals surface area contributed by atoms with Crippen molar-refractivity contribution in [1.29, 1.82) is 0 Å². The van der Waals surface area contributed by atoms with Crippen molar-refractivity contribution in [3.8, 4) is 5.69 Å². The standard InChI is InChI=1S/C21H20ClF3N6O/c1-14-27-19(28-31(14)17-6-4-16(22)5-7-17)20(32)30-10-2-9-29(11-12-30)18-8-3-15(13-26-18)21(23,24)25/h3-8,13H,2,9-12H2,1H3. The fourth-order valence-corrected chi connectivity index (χ4v) is 3.67. The van der Waals surface area contributed by atoms with Crippen LogP contribution in [0.3, 0.4) is 0 Å². The van der Waals surface area contributed by atoms with Crippen molar-refractivity contribution < 1.29 is 18.0 Å². The van der Waals surface area contributed by atoms with Gasteiger partial charge in [0.15, 0.2) is 0 Å². The zero-order chi connectivity index (χ0) is 22.9. The molecule has 2 aromatic heterocycles. The van der Waals surface area contributed by atoms with Gasteiger partial charge in [-0.25, -0.2) is 14.6 Å². The van der Waals surface area contributed by atoms with Gasteiger partial charge in [-0.05, 0) is 49.7 Å². The fraction of sp³-hybridized carbons (Fsp3) is 0.333. The molecule has 0 atom stereocenters. The van der Waals surface area contributed by atoms with Crippen LogP contribution in [0.25, 0.3) is 5.69 Å². The highest BCUT2D eigenvalue weighted by Gasteiger charge is 2.31. The van der Waals surface area contributed by atoms with E-state index in [4.69, 9.17) is 11.6 Å². The molecule has 168 valence electrons. The second-order valence-electron chi connectivity index (χ2n) is 7.41. The van der Waals surface area contributed by atoms with Crippen LogP contribution in [0, 0.1) is 6.92 Å². The second-order valence-corrected chi connectivity index (χ2v) is 7.84. The SMILES string of the molecule is Cc1nc(C(=O)N2CCCN(c3ccc(C(F)(F)F)cn3)CC2)nn1-c1ccc(Cl)cc1. The Morgan fingerprint density at radius 1 is 1.03 bits per heavy atom. The minimum absolute atomic E-state index is 0.0959. The molecule has 0 spiro atoms. The monoisotopic (exact) mass is 464 g/mol. The minimum atomic E-state index is -4.42. The maximum Gasteiger partial charge on any atom is 0.417 e. The lowest BCUT2D eigenvalue weighted by Gasteiger charge is -2.22. The first-order valence-corrected chi connectivity index (χ1v) is 10.4. The van der Waals surface area contributed by atoms with Crippen LogP contribution in [0.4, 0.5) is 19.0 Å². The molecule has 1 saturated heterocycles. The summed E-state index contributed by atoms with van der Waals surface area (Å²) in [6.07, 6.45) is -2.95. The number of anilines is 1. The number of pyridine rings is 1. The van der Waals surface area contributed by atoms with Crippen molar-refractivity contribution in [3.63, 3.8) is 0 Å². The van der Waals surface area contributed by atoms with Gasteiger partial charge < -0.3 is 9.80 Å². The number of carbonyl (C=O) groups is 1. The number of alkyl halides is 3. The van der Waals surface area contributed by atoms with Gasteiger partial charge in [0.1, 0.15) is 11.6 Å². The van der Waals surface area contributed by atoms with Crippen LogP contribution in [0.5, 0.6) is 0 Å². The molecule has 3 heterocycles. The predicted octanol–water partition coefficient (Wildman–Crippen LogP) is 4.00. The third-order valence-electron chi connectivity index (χ3n) is 5.21. The van der Waals surface area contributed by atoms with E-state index in [9.17, 15) is 18.0 Å². The van der Waals surface area contributed by atoms with Gasteiger partial charge in [-0.3, -0.25) is 4.79 Å². The van der Waals surface area contributed by atoms with E-state index in [1.165, 1.54) is 6.07 Å². The molecule has 0 saturated carbocycles. The van der Waals surface area contributed by atoms with Gasteiger partial charge in [-0.1, -0.05) is 11.6 Å². The molecule has 11 heteroatoms. The smallest absolute Gasteiger partial charge is 0.355 e. The van der Waals surface area contributed by atoms with Crippen LogP contribution in [-0.4, -0.2) is 56.7 Å². The number of nitrogens with zero attached hydrogens (tertiary/aromatic N) is 6. The van der Waals surface area contributed by atoms with E-state index in [-0.39, 0.29) is 11.7 Å². The highest BCUT2D eigenvalue weighted by atomic mass is 35.5. The Balaban J connectivity index is 1.45. The lowest BCUT2D eigenvalue weighted by Crippen LogP contribution is -2.36. The number of amides is 1. The van der Waals surface area contributed by atoms with Crippen LogP contribution in [0.1, 0.15) is 28.4 Å². The highest BCUT2D eigenvalue weighted by Crippen LogP contribution is 2.29. The molecular formula is C21H20ClF3N6O. The number of hydrogen-bond donors (Lipinski definition) is 0.